The van der Waals surface area contributed by atoms with E-state index in [0.29, 0.717) is 13.2 Å². The minimum absolute atomic E-state index is 0.0806. The molecule has 2 aliphatic rings. The van der Waals surface area contributed by atoms with Crippen molar-refractivity contribution in [3.8, 4) is 0 Å². The largest absolute Gasteiger partial charge is 0.345 e. The van der Waals surface area contributed by atoms with E-state index in [1.807, 2.05) is 20.8 Å². The van der Waals surface area contributed by atoms with E-state index >= 15 is 0 Å². The molecule has 0 N–H and O–H groups in total. The van der Waals surface area contributed by atoms with Crippen molar-refractivity contribution in [1.82, 2.24) is 0 Å². The first-order valence-corrected chi connectivity index (χ1v) is 4.69. The Morgan fingerprint density at radius 2 is 2.15 bits per heavy atom. The molecule has 2 saturated heterocycles. The summed E-state index contributed by atoms with van der Waals surface area (Å²) in [5.74, 6) is -0.701. The van der Waals surface area contributed by atoms with Crippen LogP contribution in [0, 0.1) is 0 Å². The van der Waals surface area contributed by atoms with Crippen molar-refractivity contribution in [1.29, 1.82) is 0 Å². The van der Waals surface area contributed by atoms with Crippen LogP contribution < -0.4 is 0 Å². The van der Waals surface area contributed by atoms with Crippen LogP contribution in [0.3, 0.4) is 0 Å². The Kier molecular flexibility index (Phi) is 2.32. The van der Waals surface area contributed by atoms with E-state index in [4.69, 9.17) is 18.9 Å². The Morgan fingerprint density at radius 3 is 2.85 bits per heavy atom. The molecule has 3 atom stereocenters. The van der Waals surface area contributed by atoms with Gasteiger partial charge in [0.1, 0.15) is 6.10 Å². The summed E-state index contributed by atoms with van der Waals surface area (Å²) in [5.41, 5.74) is 0. The molecule has 0 saturated carbocycles. The molecule has 0 aliphatic carbocycles. The molecule has 0 amide bonds. The maximum Gasteiger partial charge on any atom is 0.218 e. The second-order valence-electron chi connectivity index (χ2n) is 3.92. The molecule has 0 unspecified atom stereocenters. The Bertz CT molecular complexity index is 194. The van der Waals surface area contributed by atoms with E-state index in [1.54, 1.807) is 0 Å². The lowest BCUT2D eigenvalue weighted by Crippen LogP contribution is -2.49. The summed E-state index contributed by atoms with van der Waals surface area (Å²) in [5, 5.41) is 0. The van der Waals surface area contributed by atoms with Gasteiger partial charge in [0, 0.05) is 0 Å². The van der Waals surface area contributed by atoms with Gasteiger partial charge in [-0.25, -0.2) is 0 Å². The van der Waals surface area contributed by atoms with E-state index in [0.717, 1.165) is 0 Å². The molecule has 2 rings (SSSR count). The highest BCUT2D eigenvalue weighted by Gasteiger charge is 2.50. The van der Waals surface area contributed by atoms with E-state index in [9.17, 15) is 0 Å². The van der Waals surface area contributed by atoms with E-state index in [-0.39, 0.29) is 12.2 Å². The molecule has 76 valence electrons. The predicted octanol–water partition coefficient (Wildman–Crippen LogP) is 0.899. The summed E-state index contributed by atoms with van der Waals surface area (Å²) < 4.78 is 22.2. The second kappa shape index (κ2) is 3.20. The summed E-state index contributed by atoms with van der Waals surface area (Å²) >= 11 is 0. The van der Waals surface area contributed by atoms with E-state index in [1.165, 1.54) is 0 Å². The molecule has 2 aliphatic heterocycles. The van der Waals surface area contributed by atoms with Crippen molar-refractivity contribution in [2.75, 3.05) is 13.2 Å². The standard InChI is InChI=1S/C9H16O4/c1-6(2)12-8-9(3)11-5-7(13-9)4-10-8/h6-8H,4-5H2,1-3H3/t7-,8+,9-/m0/s1. The SMILES string of the molecule is CC(C)O[C@H]1OC[C@H]2CO[C@@]1(C)O2. The molecule has 13 heavy (non-hydrogen) atoms. The first-order valence-electron chi connectivity index (χ1n) is 4.69. The second-order valence-corrected chi connectivity index (χ2v) is 3.92. The predicted molar refractivity (Wildman–Crippen MR) is 45.2 cm³/mol. The zero-order valence-electron chi connectivity index (χ0n) is 8.28. The molecule has 2 fully saturated rings. The number of rotatable bonds is 2. The Balaban J connectivity index is 2.02. The normalized spacial score (nSPS) is 44.3. The van der Waals surface area contributed by atoms with Crippen molar-refractivity contribution in [3.63, 3.8) is 0 Å². The number of fused-ring (bicyclic) bond motifs is 2. The lowest BCUT2D eigenvalue weighted by Gasteiger charge is -2.36. The van der Waals surface area contributed by atoms with E-state index in [2.05, 4.69) is 0 Å². The van der Waals surface area contributed by atoms with Crippen LogP contribution in [0.2, 0.25) is 0 Å². The van der Waals surface area contributed by atoms with Crippen molar-refractivity contribution < 1.29 is 18.9 Å². The highest BCUT2D eigenvalue weighted by atomic mass is 16.8. The lowest BCUT2D eigenvalue weighted by molar-refractivity contribution is -0.346. The number of hydrogen-bond donors (Lipinski definition) is 0. The van der Waals surface area contributed by atoms with Gasteiger partial charge in [0.25, 0.3) is 0 Å². The van der Waals surface area contributed by atoms with Crippen molar-refractivity contribution in [2.24, 2.45) is 0 Å². The lowest BCUT2D eigenvalue weighted by atomic mass is 10.3. The molecule has 2 heterocycles. The van der Waals surface area contributed by atoms with Crippen LogP contribution in [0.4, 0.5) is 0 Å². The molecule has 0 spiro atoms. The van der Waals surface area contributed by atoms with Crippen LogP contribution in [0.1, 0.15) is 20.8 Å². The van der Waals surface area contributed by atoms with Crippen LogP contribution in [-0.2, 0) is 18.9 Å². The summed E-state index contributed by atoms with van der Waals surface area (Å²) in [4.78, 5) is 0. The zero-order valence-corrected chi connectivity index (χ0v) is 8.28. The van der Waals surface area contributed by atoms with Gasteiger partial charge in [0.2, 0.25) is 12.1 Å². The van der Waals surface area contributed by atoms with Gasteiger partial charge >= 0.3 is 0 Å². The molecule has 0 aromatic heterocycles. The minimum Gasteiger partial charge on any atom is -0.345 e. The van der Waals surface area contributed by atoms with Crippen molar-refractivity contribution >= 4 is 0 Å². The van der Waals surface area contributed by atoms with Gasteiger partial charge in [-0.2, -0.15) is 0 Å². The molecule has 0 aromatic rings. The highest BCUT2D eigenvalue weighted by Crippen LogP contribution is 2.34. The van der Waals surface area contributed by atoms with Crippen molar-refractivity contribution in [2.45, 2.75) is 45.1 Å². The van der Waals surface area contributed by atoms with Crippen molar-refractivity contribution in [3.05, 3.63) is 0 Å². The van der Waals surface area contributed by atoms with Crippen LogP contribution in [0.15, 0.2) is 0 Å². The van der Waals surface area contributed by atoms with Gasteiger partial charge in [-0.05, 0) is 20.8 Å². The zero-order chi connectivity index (χ0) is 9.47. The molecule has 4 nitrogen and oxygen atoms in total. The maximum atomic E-state index is 5.63. The Hall–Kier alpha value is -0.160. The van der Waals surface area contributed by atoms with Gasteiger partial charge in [-0.1, -0.05) is 0 Å². The topological polar surface area (TPSA) is 36.9 Å². The molecule has 0 radical (unpaired) electrons. The Labute approximate surface area is 78.1 Å². The van der Waals surface area contributed by atoms with Crippen LogP contribution in [0.25, 0.3) is 0 Å². The average Bonchev–Trinajstić information content (AvgIpc) is 2.35. The first-order chi connectivity index (χ1) is 6.10. The fourth-order valence-corrected chi connectivity index (χ4v) is 1.62. The third-order valence-corrected chi connectivity index (χ3v) is 2.21. The third kappa shape index (κ3) is 1.72. The maximum absolute atomic E-state index is 5.63. The summed E-state index contributed by atoms with van der Waals surface area (Å²) in [6, 6.07) is 0. The molecular formula is C9H16O4. The number of ether oxygens (including phenoxy) is 4. The number of hydrogen-bond acceptors (Lipinski definition) is 4. The fourth-order valence-electron chi connectivity index (χ4n) is 1.62. The third-order valence-electron chi connectivity index (χ3n) is 2.21. The van der Waals surface area contributed by atoms with Gasteiger partial charge in [-0.15, -0.1) is 0 Å². The van der Waals surface area contributed by atoms with Gasteiger partial charge < -0.3 is 18.9 Å². The Morgan fingerprint density at radius 1 is 1.38 bits per heavy atom. The van der Waals surface area contributed by atoms with Gasteiger partial charge in [-0.3, -0.25) is 0 Å². The minimum atomic E-state index is -0.701. The monoisotopic (exact) mass is 188 g/mol. The molecule has 4 heteroatoms. The quantitative estimate of drug-likeness (QED) is 0.645. The van der Waals surface area contributed by atoms with Crippen LogP contribution >= 0.6 is 0 Å². The highest BCUT2D eigenvalue weighted by molar-refractivity contribution is 4.83. The summed E-state index contributed by atoms with van der Waals surface area (Å²) in [7, 11) is 0. The molecule has 0 aromatic carbocycles. The molecule has 2 bridgehead atoms. The average molecular weight is 188 g/mol. The summed E-state index contributed by atoms with van der Waals surface area (Å²) in [6.45, 7) is 6.96. The van der Waals surface area contributed by atoms with E-state index < -0.39 is 12.1 Å². The molecular weight excluding hydrogens is 172 g/mol. The van der Waals surface area contributed by atoms with Gasteiger partial charge in [0.05, 0.1) is 19.3 Å². The fraction of sp³-hybridized carbons (Fsp3) is 1.00. The van der Waals surface area contributed by atoms with Crippen LogP contribution in [-0.4, -0.2) is 37.5 Å². The summed E-state index contributed by atoms with van der Waals surface area (Å²) in [6.07, 6.45) is -0.200. The van der Waals surface area contributed by atoms with Crippen LogP contribution in [0.5, 0.6) is 0 Å². The van der Waals surface area contributed by atoms with Gasteiger partial charge in [0.15, 0.2) is 0 Å². The smallest absolute Gasteiger partial charge is 0.218 e. The first kappa shape index (κ1) is 9.40.